The van der Waals surface area contributed by atoms with Gasteiger partial charge < -0.3 is 5.32 Å². The van der Waals surface area contributed by atoms with Crippen LogP contribution < -0.4 is 10.9 Å². The number of hydrogen-bond donors (Lipinski definition) is 1. The van der Waals surface area contributed by atoms with Crippen molar-refractivity contribution in [3.63, 3.8) is 0 Å². The third kappa shape index (κ3) is 4.24. The van der Waals surface area contributed by atoms with Gasteiger partial charge in [0.05, 0.1) is 21.9 Å². The number of hydrogen-bond acceptors (Lipinski definition) is 5. The monoisotopic (exact) mass is 470 g/mol. The number of alkyl halides is 3. The van der Waals surface area contributed by atoms with Gasteiger partial charge in [-0.3, -0.25) is 14.9 Å². The first-order chi connectivity index (χ1) is 13.5. The summed E-state index contributed by atoms with van der Waals surface area (Å²) in [6.07, 6.45) is -4.73. The van der Waals surface area contributed by atoms with E-state index < -0.39 is 28.4 Å². The summed E-state index contributed by atoms with van der Waals surface area (Å²) in [5.41, 5.74) is -2.05. The number of halogens is 4. The molecule has 0 aliphatic heterocycles. The van der Waals surface area contributed by atoms with Crippen LogP contribution in [0.15, 0.2) is 45.7 Å². The zero-order valence-corrected chi connectivity index (χ0v) is 16.7. The Hall–Kier alpha value is -2.95. The van der Waals surface area contributed by atoms with Gasteiger partial charge in [0.25, 0.3) is 11.2 Å². The highest BCUT2D eigenvalue weighted by Gasteiger charge is 2.33. The fourth-order valence-corrected chi connectivity index (χ4v) is 3.23. The number of non-ortho nitro benzene ring substituents is 1. The number of aryl methyl sites for hydroxylation is 1. The molecule has 0 amide bonds. The Morgan fingerprint density at radius 3 is 2.52 bits per heavy atom. The van der Waals surface area contributed by atoms with Crippen LogP contribution in [-0.4, -0.2) is 14.7 Å². The van der Waals surface area contributed by atoms with E-state index in [0.717, 1.165) is 16.8 Å². The number of fused-ring (bicyclic) bond motifs is 1. The molecular weight excluding hydrogens is 457 g/mol. The minimum Gasteiger partial charge on any atom is -0.362 e. The summed E-state index contributed by atoms with van der Waals surface area (Å²) in [6.45, 7) is 1.55. The van der Waals surface area contributed by atoms with Gasteiger partial charge in [0, 0.05) is 29.0 Å². The molecule has 0 aliphatic rings. The summed E-state index contributed by atoms with van der Waals surface area (Å²) in [5.74, 6) is 0.260. The molecule has 1 N–H and O–H groups in total. The molecule has 11 heteroatoms. The molecule has 0 spiro atoms. The van der Waals surface area contributed by atoms with E-state index in [1.54, 1.807) is 25.1 Å². The van der Waals surface area contributed by atoms with Crippen molar-refractivity contribution in [2.24, 2.45) is 7.05 Å². The third-order valence-electron chi connectivity index (χ3n) is 4.34. The molecule has 0 radical (unpaired) electrons. The molecule has 2 aromatic carbocycles. The van der Waals surface area contributed by atoms with E-state index in [2.05, 4.69) is 26.3 Å². The molecule has 0 bridgehead atoms. The highest BCUT2D eigenvalue weighted by molar-refractivity contribution is 9.10. The smallest absolute Gasteiger partial charge is 0.362 e. The van der Waals surface area contributed by atoms with Gasteiger partial charge in [0.2, 0.25) is 0 Å². The largest absolute Gasteiger partial charge is 0.416 e. The molecule has 0 fully saturated rings. The first-order valence-corrected chi connectivity index (χ1v) is 9.06. The van der Waals surface area contributed by atoms with Gasteiger partial charge in [0.15, 0.2) is 5.82 Å². The second-order valence-electron chi connectivity index (χ2n) is 6.40. The molecule has 3 aromatic rings. The van der Waals surface area contributed by atoms with Gasteiger partial charge in [0.1, 0.15) is 0 Å². The van der Waals surface area contributed by atoms with Gasteiger partial charge in [-0.1, -0.05) is 15.9 Å². The van der Waals surface area contributed by atoms with Crippen LogP contribution in [0.25, 0.3) is 10.8 Å². The standard InChI is InChI=1S/C18H14BrF3N4O3/c1-9(10-5-11(18(20,21)22)7-13(6-10)26(28)29)23-16-15-8-12(19)3-4-14(15)17(27)25(2)24-16/h3-9H,1-2H3,(H,23,24)/t9-/m1/s1. The number of benzene rings is 2. The predicted molar refractivity (Wildman–Crippen MR) is 105 cm³/mol. The molecule has 1 heterocycles. The lowest BCUT2D eigenvalue weighted by Gasteiger charge is -2.18. The van der Waals surface area contributed by atoms with Gasteiger partial charge >= 0.3 is 6.18 Å². The van der Waals surface area contributed by atoms with Crippen molar-refractivity contribution in [1.82, 2.24) is 9.78 Å². The zero-order chi connectivity index (χ0) is 21.5. The van der Waals surface area contributed by atoms with Crippen molar-refractivity contribution in [3.05, 3.63) is 72.5 Å². The van der Waals surface area contributed by atoms with Crippen molar-refractivity contribution >= 4 is 38.2 Å². The SMILES string of the molecule is C[C@@H](Nc1nn(C)c(=O)c2ccc(Br)cc12)c1cc([N+](=O)[O-])cc(C(F)(F)F)c1. The number of anilines is 1. The van der Waals surface area contributed by atoms with E-state index in [4.69, 9.17) is 0 Å². The molecule has 29 heavy (non-hydrogen) atoms. The Morgan fingerprint density at radius 1 is 1.21 bits per heavy atom. The van der Waals surface area contributed by atoms with E-state index >= 15 is 0 Å². The number of aromatic nitrogens is 2. The maximum atomic E-state index is 13.2. The van der Waals surface area contributed by atoms with Crippen LogP contribution in [0.5, 0.6) is 0 Å². The first kappa shape index (κ1) is 20.8. The van der Waals surface area contributed by atoms with Crippen molar-refractivity contribution in [2.45, 2.75) is 19.1 Å². The fourth-order valence-electron chi connectivity index (χ4n) is 2.87. The highest BCUT2D eigenvalue weighted by atomic mass is 79.9. The number of nitrogens with zero attached hydrogens (tertiary/aromatic N) is 3. The van der Waals surface area contributed by atoms with Crippen LogP contribution in [0.1, 0.15) is 24.1 Å². The molecule has 1 atom stereocenters. The average Bonchev–Trinajstić information content (AvgIpc) is 2.64. The maximum absolute atomic E-state index is 13.2. The highest BCUT2D eigenvalue weighted by Crippen LogP contribution is 2.35. The third-order valence-corrected chi connectivity index (χ3v) is 4.84. The van der Waals surface area contributed by atoms with Crippen molar-refractivity contribution in [2.75, 3.05) is 5.32 Å². The first-order valence-electron chi connectivity index (χ1n) is 8.27. The molecule has 0 saturated carbocycles. The van der Waals surface area contributed by atoms with Crippen molar-refractivity contribution in [1.29, 1.82) is 0 Å². The lowest BCUT2D eigenvalue weighted by molar-refractivity contribution is -0.385. The normalized spacial score (nSPS) is 12.8. The number of rotatable bonds is 4. The fraction of sp³-hybridized carbons (Fsp3) is 0.222. The van der Waals surface area contributed by atoms with E-state index in [9.17, 15) is 28.1 Å². The molecule has 1 aromatic heterocycles. The van der Waals surface area contributed by atoms with Crippen molar-refractivity contribution < 1.29 is 18.1 Å². The molecule has 0 aliphatic carbocycles. The minimum atomic E-state index is -4.73. The molecule has 152 valence electrons. The zero-order valence-electron chi connectivity index (χ0n) is 15.1. The van der Waals surface area contributed by atoms with Gasteiger partial charge in [-0.25, -0.2) is 4.68 Å². The average molecular weight is 471 g/mol. The molecule has 0 saturated heterocycles. The van der Waals surface area contributed by atoms with Crippen LogP contribution in [-0.2, 0) is 13.2 Å². The van der Waals surface area contributed by atoms with Gasteiger partial charge in [-0.15, -0.1) is 0 Å². The second-order valence-corrected chi connectivity index (χ2v) is 7.32. The number of nitrogens with one attached hydrogen (secondary N) is 1. The Balaban J connectivity index is 2.09. The lowest BCUT2D eigenvalue weighted by Crippen LogP contribution is -2.22. The Labute approximate surface area is 170 Å². The quantitative estimate of drug-likeness (QED) is 0.437. The predicted octanol–water partition coefficient (Wildman–Crippen LogP) is 4.80. The van der Waals surface area contributed by atoms with Gasteiger partial charge in [-0.2, -0.15) is 18.3 Å². The molecular formula is C18H14BrF3N4O3. The molecule has 3 rings (SSSR count). The van der Waals surface area contributed by atoms with E-state index in [-0.39, 0.29) is 16.9 Å². The number of nitro groups is 1. The molecule has 7 nitrogen and oxygen atoms in total. The summed E-state index contributed by atoms with van der Waals surface area (Å²) in [4.78, 5) is 22.5. The lowest BCUT2D eigenvalue weighted by atomic mass is 10.0. The summed E-state index contributed by atoms with van der Waals surface area (Å²) in [6, 6.07) is 6.61. The summed E-state index contributed by atoms with van der Waals surface area (Å²) >= 11 is 3.31. The summed E-state index contributed by atoms with van der Waals surface area (Å²) < 4.78 is 41.3. The van der Waals surface area contributed by atoms with E-state index in [1.165, 1.54) is 7.05 Å². The Kier molecular flexibility index (Phi) is 5.35. The van der Waals surface area contributed by atoms with Crippen LogP contribution in [0, 0.1) is 10.1 Å². The van der Waals surface area contributed by atoms with Crippen molar-refractivity contribution in [3.8, 4) is 0 Å². The summed E-state index contributed by atoms with van der Waals surface area (Å²) in [5, 5.41) is 19.0. The second kappa shape index (κ2) is 7.47. The Morgan fingerprint density at radius 2 is 1.90 bits per heavy atom. The van der Waals surface area contributed by atoms with Crippen LogP contribution >= 0.6 is 15.9 Å². The molecule has 0 unspecified atom stereocenters. The van der Waals surface area contributed by atoms with Crippen LogP contribution in [0.4, 0.5) is 24.7 Å². The number of nitro benzene ring substituents is 1. The Bertz CT molecular complexity index is 1180. The van der Waals surface area contributed by atoms with E-state index in [1.807, 2.05) is 0 Å². The van der Waals surface area contributed by atoms with Gasteiger partial charge in [-0.05, 0) is 36.8 Å². The maximum Gasteiger partial charge on any atom is 0.416 e. The van der Waals surface area contributed by atoms with Crippen LogP contribution in [0.2, 0.25) is 0 Å². The summed E-state index contributed by atoms with van der Waals surface area (Å²) in [7, 11) is 1.45. The van der Waals surface area contributed by atoms with E-state index in [0.29, 0.717) is 21.3 Å². The topological polar surface area (TPSA) is 90.1 Å². The minimum absolute atomic E-state index is 0.0605. The van der Waals surface area contributed by atoms with Crippen LogP contribution in [0.3, 0.4) is 0 Å².